The van der Waals surface area contributed by atoms with E-state index >= 15 is 0 Å². The zero-order valence-electron chi connectivity index (χ0n) is 6.52. The summed E-state index contributed by atoms with van der Waals surface area (Å²) in [4.78, 5) is 11.2. The Morgan fingerprint density at radius 3 is 3.09 bits per heavy atom. The molecule has 1 aliphatic rings. The summed E-state index contributed by atoms with van der Waals surface area (Å²) in [5, 5.41) is 0. The van der Waals surface area contributed by atoms with Crippen molar-refractivity contribution in [2.45, 2.75) is 26.2 Å². The van der Waals surface area contributed by atoms with Gasteiger partial charge in [0.05, 0.1) is 0 Å². The van der Waals surface area contributed by atoms with Crippen LogP contribution in [-0.4, -0.2) is 0 Å². The van der Waals surface area contributed by atoms with Crippen LogP contribution in [0.3, 0.4) is 0 Å². The van der Waals surface area contributed by atoms with Crippen molar-refractivity contribution in [3.63, 3.8) is 0 Å². The molecule has 0 radical (unpaired) electrons. The van der Waals surface area contributed by atoms with Gasteiger partial charge in [0.1, 0.15) is 5.76 Å². The van der Waals surface area contributed by atoms with E-state index in [1.165, 1.54) is 5.56 Å². The average Bonchev–Trinajstić information content (AvgIpc) is 2.34. The van der Waals surface area contributed by atoms with Gasteiger partial charge in [0.2, 0.25) is 0 Å². The van der Waals surface area contributed by atoms with Gasteiger partial charge in [0.25, 0.3) is 0 Å². The maximum atomic E-state index is 11.2. The maximum absolute atomic E-state index is 11.2. The van der Waals surface area contributed by atoms with E-state index in [0.29, 0.717) is 0 Å². The van der Waals surface area contributed by atoms with E-state index in [4.69, 9.17) is 4.42 Å². The Balaban J connectivity index is 2.70. The number of fused-ring (bicyclic) bond motifs is 1. The molecule has 0 saturated heterocycles. The molecule has 0 fully saturated rings. The van der Waals surface area contributed by atoms with Gasteiger partial charge in [-0.05, 0) is 37.8 Å². The number of rotatable bonds is 0. The van der Waals surface area contributed by atoms with Gasteiger partial charge < -0.3 is 4.42 Å². The van der Waals surface area contributed by atoms with Crippen LogP contribution < -0.4 is 5.63 Å². The molecular formula is C9H10O2. The van der Waals surface area contributed by atoms with Gasteiger partial charge >= 0.3 is 5.63 Å². The van der Waals surface area contributed by atoms with Crippen molar-refractivity contribution >= 4 is 0 Å². The predicted octanol–water partition coefficient (Wildman–Crippen LogP) is 1.44. The molecule has 2 rings (SSSR count). The predicted molar refractivity (Wildman–Crippen MR) is 41.7 cm³/mol. The fourth-order valence-corrected chi connectivity index (χ4v) is 1.64. The third-order valence-corrected chi connectivity index (χ3v) is 2.14. The molecule has 0 aromatic carbocycles. The molecule has 58 valence electrons. The van der Waals surface area contributed by atoms with Crippen molar-refractivity contribution < 1.29 is 4.42 Å². The Morgan fingerprint density at radius 1 is 1.45 bits per heavy atom. The Morgan fingerprint density at radius 2 is 2.27 bits per heavy atom. The summed E-state index contributed by atoms with van der Waals surface area (Å²) in [7, 11) is 0. The number of hydrogen-bond acceptors (Lipinski definition) is 2. The summed E-state index contributed by atoms with van der Waals surface area (Å²) in [6.45, 7) is 1.82. The standard InChI is InChI=1S/C9H10O2/c1-6-5-7-3-2-4-8(7)9(10)11-6/h5H,2-4H2,1H3. The van der Waals surface area contributed by atoms with Gasteiger partial charge in [-0.15, -0.1) is 0 Å². The fourth-order valence-electron chi connectivity index (χ4n) is 1.64. The summed E-state index contributed by atoms with van der Waals surface area (Å²) >= 11 is 0. The number of hydrogen-bond donors (Lipinski definition) is 0. The van der Waals surface area contributed by atoms with Gasteiger partial charge in [0, 0.05) is 5.56 Å². The minimum atomic E-state index is -0.127. The molecule has 0 saturated carbocycles. The van der Waals surface area contributed by atoms with Gasteiger partial charge in [-0.25, -0.2) is 4.79 Å². The quantitative estimate of drug-likeness (QED) is 0.560. The van der Waals surface area contributed by atoms with Crippen molar-refractivity contribution in [3.8, 4) is 0 Å². The third-order valence-electron chi connectivity index (χ3n) is 2.14. The van der Waals surface area contributed by atoms with Crippen molar-refractivity contribution in [3.05, 3.63) is 33.4 Å². The topological polar surface area (TPSA) is 30.2 Å². The summed E-state index contributed by atoms with van der Waals surface area (Å²) < 4.78 is 4.96. The SMILES string of the molecule is Cc1cc2c(c(=O)o1)CCC2. The Labute approximate surface area is 64.9 Å². The summed E-state index contributed by atoms with van der Waals surface area (Å²) in [6, 6.07) is 1.98. The first-order chi connectivity index (χ1) is 5.27. The molecule has 1 aliphatic carbocycles. The average molecular weight is 150 g/mol. The van der Waals surface area contributed by atoms with Crippen molar-refractivity contribution in [1.29, 1.82) is 0 Å². The number of aryl methyl sites for hydroxylation is 2. The van der Waals surface area contributed by atoms with Crippen LogP contribution in [0.4, 0.5) is 0 Å². The molecule has 0 unspecified atom stereocenters. The minimum absolute atomic E-state index is 0.127. The Bertz CT molecular complexity index is 336. The molecule has 11 heavy (non-hydrogen) atoms. The van der Waals surface area contributed by atoms with Crippen LogP contribution in [0.25, 0.3) is 0 Å². The fraction of sp³-hybridized carbons (Fsp3) is 0.444. The molecule has 2 nitrogen and oxygen atoms in total. The van der Waals surface area contributed by atoms with E-state index in [9.17, 15) is 4.79 Å². The van der Waals surface area contributed by atoms with Crippen LogP contribution >= 0.6 is 0 Å². The normalized spacial score (nSPS) is 15.0. The van der Waals surface area contributed by atoms with Gasteiger partial charge in [-0.2, -0.15) is 0 Å². The van der Waals surface area contributed by atoms with E-state index in [-0.39, 0.29) is 5.63 Å². The van der Waals surface area contributed by atoms with Crippen LogP contribution in [0.2, 0.25) is 0 Å². The van der Waals surface area contributed by atoms with E-state index in [1.54, 1.807) is 0 Å². The first kappa shape index (κ1) is 6.65. The molecule has 0 bridgehead atoms. The molecule has 2 heteroatoms. The van der Waals surface area contributed by atoms with E-state index < -0.39 is 0 Å². The van der Waals surface area contributed by atoms with E-state index in [2.05, 4.69) is 0 Å². The molecule has 0 aliphatic heterocycles. The highest BCUT2D eigenvalue weighted by Crippen LogP contribution is 2.18. The zero-order chi connectivity index (χ0) is 7.84. The third kappa shape index (κ3) is 0.985. The van der Waals surface area contributed by atoms with Crippen LogP contribution in [0.5, 0.6) is 0 Å². The van der Waals surface area contributed by atoms with Crippen LogP contribution in [0, 0.1) is 6.92 Å². The molecule has 1 heterocycles. The second-order valence-corrected chi connectivity index (χ2v) is 3.00. The second kappa shape index (κ2) is 2.22. The molecule has 0 spiro atoms. The zero-order valence-corrected chi connectivity index (χ0v) is 6.52. The summed E-state index contributed by atoms with van der Waals surface area (Å²) in [6.07, 6.45) is 3.04. The summed E-state index contributed by atoms with van der Waals surface area (Å²) in [5.41, 5.74) is 1.96. The monoisotopic (exact) mass is 150 g/mol. The molecule has 1 aromatic heterocycles. The largest absolute Gasteiger partial charge is 0.428 e. The van der Waals surface area contributed by atoms with Crippen molar-refractivity contribution in [2.75, 3.05) is 0 Å². The van der Waals surface area contributed by atoms with Crippen molar-refractivity contribution in [2.24, 2.45) is 0 Å². The lowest BCUT2D eigenvalue weighted by Gasteiger charge is -1.96. The first-order valence-electron chi connectivity index (χ1n) is 3.90. The second-order valence-electron chi connectivity index (χ2n) is 3.00. The van der Waals surface area contributed by atoms with Crippen LogP contribution in [-0.2, 0) is 12.8 Å². The van der Waals surface area contributed by atoms with Crippen molar-refractivity contribution in [1.82, 2.24) is 0 Å². The molecule has 0 atom stereocenters. The molecule has 1 aromatic rings. The Hall–Kier alpha value is -1.05. The Kier molecular flexibility index (Phi) is 1.34. The lowest BCUT2D eigenvalue weighted by molar-refractivity contribution is 0.473. The maximum Gasteiger partial charge on any atom is 0.339 e. The van der Waals surface area contributed by atoms with Gasteiger partial charge in [-0.3, -0.25) is 0 Å². The highest BCUT2D eigenvalue weighted by molar-refractivity contribution is 5.28. The lowest BCUT2D eigenvalue weighted by atomic mass is 10.2. The minimum Gasteiger partial charge on any atom is -0.428 e. The van der Waals surface area contributed by atoms with E-state index in [1.807, 2.05) is 13.0 Å². The first-order valence-corrected chi connectivity index (χ1v) is 3.90. The molecular weight excluding hydrogens is 140 g/mol. The van der Waals surface area contributed by atoms with E-state index in [0.717, 1.165) is 30.6 Å². The molecule has 0 N–H and O–H groups in total. The van der Waals surface area contributed by atoms with Gasteiger partial charge in [0.15, 0.2) is 0 Å². The summed E-state index contributed by atoms with van der Waals surface area (Å²) in [5.74, 6) is 0.732. The lowest BCUT2D eigenvalue weighted by Crippen LogP contribution is -2.06. The molecule has 0 amide bonds. The van der Waals surface area contributed by atoms with Crippen LogP contribution in [0.15, 0.2) is 15.3 Å². The highest BCUT2D eigenvalue weighted by atomic mass is 16.4. The highest BCUT2D eigenvalue weighted by Gasteiger charge is 2.15. The van der Waals surface area contributed by atoms with Gasteiger partial charge in [-0.1, -0.05) is 0 Å². The smallest absolute Gasteiger partial charge is 0.339 e. The van der Waals surface area contributed by atoms with Crippen LogP contribution in [0.1, 0.15) is 23.3 Å².